The highest BCUT2D eigenvalue weighted by Crippen LogP contribution is 2.12. The Hall–Kier alpha value is -2.70. The number of nitrogens with zero attached hydrogens (tertiary/aromatic N) is 1. The van der Waals surface area contributed by atoms with E-state index in [4.69, 9.17) is 4.74 Å². The number of benzene rings is 2. The molecule has 2 aromatic carbocycles. The summed E-state index contributed by atoms with van der Waals surface area (Å²) < 4.78 is 5.72. The predicted molar refractivity (Wildman–Crippen MR) is 110 cm³/mol. The maximum absolute atomic E-state index is 12.3. The van der Waals surface area contributed by atoms with Gasteiger partial charge in [0.25, 0.3) is 11.8 Å². The van der Waals surface area contributed by atoms with Crippen molar-refractivity contribution in [2.45, 2.75) is 26.1 Å². The molecule has 3 rings (SSSR count). The number of nitrogens with one attached hydrogen (secondary N) is 2. The number of carbonyl (C=O) groups is 2. The van der Waals surface area contributed by atoms with Gasteiger partial charge in [-0.3, -0.25) is 14.5 Å². The fourth-order valence-corrected chi connectivity index (χ4v) is 3.39. The van der Waals surface area contributed by atoms with Gasteiger partial charge in [-0.15, -0.1) is 0 Å². The van der Waals surface area contributed by atoms with Crippen molar-refractivity contribution in [2.75, 3.05) is 31.5 Å². The van der Waals surface area contributed by atoms with Crippen LogP contribution in [0.3, 0.4) is 0 Å². The topological polar surface area (TPSA) is 70.7 Å². The Balaban J connectivity index is 1.46. The molecule has 1 fully saturated rings. The van der Waals surface area contributed by atoms with E-state index in [1.807, 2.05) is 18.2 Å². The maximum Gasteiger partial charge on any atom is 0.255 e. The molecule has 148 valence electrons. The highest BCUT2D eigenvalue weighted by atomic mass is 16.5. The number of carbonyl (C=O) groups excluding carboxylic acids is 2. The number of amides is 2. The van der Waals surface area contributed by atoms with Crippen LogP contribution in [0.4, 0.5) is 5.69 Å². The first kappa shape index (κ1) is 20.0. The lowest BCUT2D eigenvalue weighted by Gasteiger charge is -2.35. The van der Waals surface area contributed by atoms with E-state index in [-0.39, 0.29) is 24.0 Å². The zero-order valence-corrected chi connectivity index (χ0v) is 16.4. The Morgan fingerprint density at radius 3 is 2.18 bits per heavy atom. The lowest BCUT2D eigenvalue weighted by molar-refractivity contribution is -0.0672. The van der Waals surface area contributed by atoms with Crippen LogP contribution in [0.5, 0.6) is 0 Å². The van der Waals surface area contributed by atoms with Crippen molar-refractivity contribution in [3.05, 3.63) is 65.7 Å². The van der Waals surface area contributed by atoms with Crippen LogP contribution in [0.2, 0.25) is 0 Å². The summed E-state index contributed by atoms with van der Waals surface area (Å²) in [5, 5.41) is 5.78. The number of ether oxygens (including phenoxy) is 1. The number of rotatable bonds is 6. The van der Waals surface area contributed by atoms with E-state index in [0.29, 0.717) is 23.4 Å². The van der Waals surface area contributed by atoms with Gasteiger partial charge in [-0.2, -0.15) is 0 Å². The molecule has 28 heavy (non-hydrogen) atoms. The first-order chi connectivity index (χ1) is 13.5. The van der Waals surface area contributed by atoms with Gasteiger partial charge >= 0.3 is 0 Å². The van der Waals surface area contributed by atoms with Gasteiger partial charge in [0.15, 0.2) is 0 Å². The van der Waals surface area contributed by atoms with E-state index in [1.54, 1.807) is 36.4 Å². The molecule has 2 aromatic rings. The molecule has 2 N–H and O–H groups in total. The normalized spacial score (nSPS) is 19.8. The van der Waals surface area contributed by atoms with E-state index in [9.17, 15) is 9.59 Å². The van der Waals surface area contributed by atoms with Gasteiger partial charge < -0.3 is 15.4 Å². The van der Waals surface area contributed by atoms with E-state index < -0.39 is 0 Å². The van der Waals surface area contributed by atoms with Crippen molar-refractivity contribution in [1.82, 2.24) is 10.2 Å². The minimum Gasteiger partial charge on any atom is -0.373 e. The fourth-order valence-electron chi connectivity index (χ4n) is 3.39. The zero-order chi connectivity index (χ0) is 19.9. The van der Waals surface area contributed by atoms with E-state index in [2.05, 4.69) is 29.4 Å². The molecule has 0 saturated carbocycles. The van der Waals surface area contributed by atoms with Gasteiger partial charge in [0.2, 0.25) is 0 Å². The zero-order valence-electron chi connectivity index (χ0n) is 16.4. The Labute approximate surface area is 165 Å². The summed E-state index contributed by atoms with van der Waals surface area (Å²) in [6, 6.07) is 15.9. The lowest BCUT2D eigenvalue weighted by Crippen LogP contribution is -2.47. The Bertz CT molecular complexity index is 782. The molecule has 0 aromatic heterocycles. The number of hydrogen-bond donors (Lipinski definition) is 2. The third-order valence-corrected chi connectivity index (χ3v) is 4.65. The largest absolute Gasteiger partial charge is 0.373 e. The van der Waals surface area contributed by atoms with Crippen LogP contribution in [0, 0.1) is 0 Å². The standard InChI is InChI=1S/C22H27N3O3/c1-16-14-25(15-17(2)28-16)13-12-23-21(26)19-8-10-20(11-9-19)24-22(27)18-6-4-3-5-7-18/h3-11,16-17H,12-15H2,1-2H3,(H,23,26)(H,24,27). The molecule has 2 unspecified atom stereocenters. The summed E-state index contributed by atoms with van der Waals surface area (Å²) in [6.07, 6.45) is 0.441. The predicted octanol–water partition coefficient (Wildman–Crippen LogP) is 2.78. The molecule has 6 nitrogen and oxygen atoms in total. The van der Waals surface area contributed by atoms with Crippen molar-refractivity contribution in [2.24, 2.45) is 0 Å². The molecule has 6 heteroatoms. The maximum atomic E-state index is 12.3. The van der Waals surface area contributed by atoms with E-state index in [1.165, 1.54) is 0 Å². The van der Waals surface area contributed by atoms with Gasteiger partial charge in [-0.05, 0) is 50.2 Å². The molecule has 1 heterocycles. The minimum absolute atomic E-state index is 0.115. The summed E-state index contributed by atoms with van der Waals surface area (Å²) in [7, 11) is 0. The molecule has 2 amide bonds. The second-order valence-electron chi connectivity index (χ2n) is 7.17. The second kappa shape index (κ2) is 9.48. The third-order valence-electron chi connectivity index (χ3n) is 4.65. The van der Waals surface area contributed by atoms with Crippen LogP contribution >= 0.6 is 0 Å². The molecule has 0 radical (unpaired) electrons. The van der Waals surface area contributed by atoms with Gasteiger partial charge in [0.05, 0.1) is 12.2 Å². The Kier molecular flexibility index (Phi) is 6.79. The molecule has 0 bridgehead atoms. The van der Waals surface area contributed by atoms with E-state index >= 15 is 0 Å². The molecule has 1 saturated heterocycles. The highest BCUT2D eigenvalue weighted by molar-refractivity contribution is 6.04. The summed E-state index contributed by atoms with van der Waals surface area (Å²) >= 11 is 0. The average molecular weight is 381 g/mol. The third kappa shape index (κ3) is 5.65. The summed E-state index contributed by atoms with van der Waals surface area (Å²) in [4.78, 5) is 26.8. The molecule has 1 aliphatic heterocycles. The molecular formula is C22H27N3O3. The molecule has 0 spiro atoms. The van der Waals surface area contributed by atoms with Gasteiger partial charge in [0.1, 0.15) is 0 Å². The van der Waals surface area contributed by atoms with E-state index in [0.717, 1.165) is 19.6 Å². The molecule has 0 aliphatic carbocycles. The van der Waals surface area contributed by atoms with Crippen LogP contribution in [-0.4, -0.2) is 55.1 Å². The van der Waals surface area contributed by atoms with Gasteiger partial charge in [0, 0.05) is 43.0 Å². The van der Waals surface area contributed by atoms with Gasteiger partial charge in [-0.25, -0.2) is 0 Å². The monoisotopic (exact) mass is 381 g/mol. The smallest absolute Gasteiger partial charge is 0.255 e. The fraction of sp³-hybridized carbons (Fsp3) is 0.364. The molecule has 1 aliphatic rings. The molecular weight excluding hydrogens is 354 g/mol. The number of anilines is 1. The Morgan fingerprint density at radius 1 is 0.929 bits per heavy atom. The highest BCUT2D eigenvalue weighted by Gasteiger charge is 2.21. The summed E-state index contributed by atoms with van der Waals surface area (Å²) in [6.45, 7) is 7.30. The number of morpholine rings is 1. The van der Waals surface area contributed by atoms with Gasteiger partial charge in [-0.1, -0.05) is 18.2 Å². The first-order valence-electron chi connectivity index (χ1n) is 9.64. The summed E-state index contributed by atoms with van der Waals surface area (Å²) in [5.74, 6) is -0.290. The lowest BCUT2D eigenvalue weighted by atomic mass is 10.1. The van der Waals surface area contributed by atoms with Crippen LogP contribution < -0.4 is 10.6 Å². The minimum atomic E-state index is -0.174. The average Bonchev–Trinajstić information content (AvgIpc) is 2.68. The quantitative estimate of drug-likeness (QED) is 0.807. The van der Waals surface area contributed by atoms with Crippen LogP contribution in [0.1, 0.15) is 34.6 Å². The number of hydrogen-bond acceptors (Lipinski definition) is 4. The summed E-state index contributed by atoms with van der Waals surface area (Å²) in [5.41, 5.74) is 1.82. The second-order valence-corrected chi connectivity index (χ2v) is 7.17. The van der Waals surface area contributed by atoms with Crippen LogP contribution in [0.25, 0.3) is 0 Å². The van der Waals surface area contributed by atoms with Crippen molar-refractivity contribution in [3.63, 3.8) is 0 Å². The van der Waals surface area contributed by atoms with Crippen LogP contribution in [-0.2, 0) is 4.74 Å². The van der Waals surface area contributed by atoms with Crippen molar-refractivity contribution >= 4 is 17.5 Å². The molecule has 2 atom stereocenters. The van der Waals surface area contributed by atoms with Crippen molar-refractivity contribution in [3.8, 4) is 0 Å². The Morgan fingerprint density at radius 2 is 1.54 bits per heavy atom. The first-order valence-corrected chi connectivity index (χ1v) is 9.64. The van der Waals surface area contributed by atoms with Crippen LogP contribution in [0.15, 0.2) is 54.6 Å². The SMILES string of the molecule is CC1CN(CCNC(=O)c2ccc(NC(=O)c3ccccc3)cc2)CC(C)O1. The van der Waals surface area contributed by atoms with Crippen molar-refractivity contribution in [1.29, 1.82) is 0 Å². The van der Waals surface area contributed by atoms with Crippen molar-refractivity contribution < 1.29 is 14.3 Å².